The molecule has 14 heavy (non-hydrogen) atoms. The van der Waals surface area contributed by atoms with Crippen molar-refractivity contribution in [2.24, 2.45) is 5.84 Å². The molecule has 1 aromatic carbocycles. The molecule has 1 amide bonds. The number of carbonyl (C=O) groups is 1. The van der Waals surface area contributed by atoms with Crippen molar-refractivity contribution in [3.63, 3.8) is 0 Å². The van der Waals surface area contributed by atoms with Crippen LogP contribution in [-0.2, 0) is 0 Å². The SMILES string of the molecule is COc1cc(C(=O)NN)c(Cl)cc1O. The van der Waals surface area contributed by atoms with E-state index in [1.165, 1.54) is 19.2 Å². The number of ether oxygens (including phenoxy) is 1. The number of phenolic OH excluding ortho intramolecular Hbond substituents is 1. The number of carbonyl (C=O) groups excluding carboxylic acids is 1. The molecule has 0 aliphatic rings. The topological polar surface area (TPSA) is 84.6 Å². The van der Waals surface area contributed by atoms with Crippen LogP contribution >= 0.6 is 11.6 Å². The summed E-state index contributed by atoms with van der Waals surface area (Å²) >= 11 is 5.70. The van der Waals surface area contributed by atoms with E-state index in [0.717, 1.165) is 0 Å². The minimum absolute atomic E-state index is 0.103. The molecule has 0 heterocycles. The number of halogens is 1. The van der Waals surface area contributed by atoms with E-state index in [1.54, 1.807) is 0 Å². The molecular weight excluding hydrogens is 208 g/mol. The number of nitrogen functional groups attached to an aromatic ring is 1. The van der Waals surface area contributed by atoms with Crippen LogP contribution in [0, 0.1) is 0 Å². The lowest BCUT2D eigenvalue weighted by atomic mass is 10.2. The summed E-state index contributed by atoms with van der Waals surface area (Å²) in [6.07, 6.45) is 0. The Bertz CT molecular complexity index is 368. The summed E-state index contributed by atoms with van der Waals surface area (Å²) in [6, 6.07) is 2.52. The first-order valence-corrected chi connectivity index (χ1v) is 4.05. The summed E-state index contributed by atoms with van der Waals surface area (Å²) < 4.78 is 4.81. The number of amides is 1. The fourth-order valence-electron chi connectivity index (χ4n) is 0.958. The molecule has 0 aliphatic heterocycles. The van der Waals surface area contributed by atoms with Crippen LogP contribution in [0.3, 0.4) is 0 Å². The Balaban J connectivity index is 3.24. The third-order valence-corrected chi connectivity index (χ3v) is 1.96. The van der Waals surface area contributed by atoms with Gasteiger partial charge in [0.25, 0.3) is 5.91 Å². The van der Waals surface area contributed by atoms with Crippen molar-refractivity contribution in [3.8, 4) is 11.5 Å². The molecule has 0 saturated heterocycles. The monoisotopic (exact) mass is 216 g/mol. The normalized spacial score (nSPS) is 9.64. The van der Waals surface area contributed by atoms with Gasteiger partial charge in [0.1, 0.15) is 0 Å². The van der Waals surface area contributed by atoms with Crippen molar-refractivity contribution in [1.29, 1.82) is 0 Å². The fourth-order valence-corrected chi connectivity index (χ4v) is 1.20. The van der Waals surface area contributed by atoms with E-state index < -0.39 is 5.91 Å². The van der Waals surface area contributed by atoms with Gasteiger partial charge in [0.15, 0.2) is 11.5 Å². The highest BCUT2D eigenvalue weighted by atomic mass is 35.5. The van der Waals surface area contributed by atoms with E-state index in [9.17, 15) is 9.90 Å². The van der Waals surface area contributed by atoms with Crippen LogP contribution in [0.25, 0.3) is 0 Å². The first-order valence-electron chi connectivity index (χ1n) is 3.67. The van der Waals surface area contributed by atoms with Crippen LogP contribution in [0.1, 0.15) is 10.4 Å². The third-order valence-electron chi connectivity index (χ3n) is 1.64. The van der Waals surface area contributed by atoms with E-state index >= 15 is 0 Å². The van der Waals surface area contributed by atoms with Crippen molar-refractivity contribution in [3.05, 3.63) is 22.7 Å². The van der Waals surface area contributed by atoms with Gasteiger partial charge in [0.2, 0.25) is 0 Å². The molecular formula is C8H9ClN2O3. The maximum Gasteiger partial charge on any atom is 0.266 e. The van der Waals surface area contributed by atoms with Gasteiger partial charge in [-0.2, -0.15) is 0 Å². The average Bonchev–Trinajstić information content (AvgIpc) is 2.17. The Kier molecular flexibility index (Phi) is 3.16. The molecule has 0 unspecified atom stereocenters. The fraction of sp³-hybridized carbons (Fsp3) is 0.125. The number of aromatic hydroxyl groups is 1. The summed E-state index contributed by atoms with van der Waals surface area (Å²) in [5.74, 6) is 4.42. The van der Waals surface area contributed by atoms with Gasteiger partial charge < -0.3 is 9.84 Å². The number of hydrogen-bond donors (Lipinski definition) is 3. The second-order valence-electron chi connectivity index (χ2n) is 2.48. The lowest BCUT2D eigenvalue weighted by Gasteiger charge is -2.07. The lowest BCUT2D eigenvalue weighted by molar-refractivity contribution is 0.0953. The molecule has 4 N–H and O–H groups in total. The quantitative estimate of drug-likeness (QED) is 0.385. The molecule has 0 aromatic heterocycles. The zero-order valence-corrected chi connectivity index (χ0v) is 8.13. The number of nitrogens with two attached hydrogens (primary N) is 1. The van der Waals surface area contributed by atoms with Gasteiger partial charge in [-0.3, -0.25) is 10.2 Å². The lowest BCUT2D eigenvalue weighted by Crippen LogP contribution is -2.30. The predicted octanol–water partition coefficient (Wildman–Crippen LogP) is 0.658. The number of benzene rings is 1. The number of nitrogens with one attached hydrogen (secondary N) is 1. The zero-order chi connectivity index (χ0) is 10.7. The number of hydrazine groups is 1. The van der Waals surface area contributed by atoms with Crippen molar-refractivity contribution in [1.82, 2.24) is 5.43 Å². The molecule has 1 rings (SSSR count). The third kappa shape index (κ3) is 1.89. The van der Waals surface area contributed by atoms with Gasteiger partial charge in [-0.1, -0.05) is 11.6 Å². The number of rotatable bonds is 2. The van der Waals surface area contributed by atoms with E-state index in [2.05, 4.69) is 0 Å². The summed E-state index contributed by atoms with van der Waals surface area (Å²) in [7, 11) is 1.37. The molecule has 76 valence electrons. The minimum atomic E-state index is -0.548. The van der Waals surface area contributed by atoms with E-state index in [0.29, 0.717) is 0 Å². The molecule has 6 heteroatoms. The van der Waals surface area contributed by atoms with Gasteiger partial charge in [-0.25, -0.2) is 5.84 Å². The molecule has 0 saturated carbocycles. The van der Waals surface area contributed by atoms with Crippen molar-refractivity contribution in [2.45, 2.75) is 0 Å². The van der Waals surface area contributed by atoms with Gasteiger partial charge in [0, 0.05) is 6.07 Å². The van der Waals surface area contributed by atoms with E-state index in [-0.39, 0.29) is 22.1 Å². The second kappa shape index (κ2) is 4.17. The van der Waals surface area contributed by atoms with Gasteiger partial charge in [-0.05, 0) is 6.07 Å². The summed E-state index contributed by atoms with van der Waals surface area (Å²) in [5, 5.41) is 9.40. The number of phenols is 1. The highest BCUT2D eigenvalue weighted by molar-refractivity contribution is 6.34. The number of hydrogen-bond acceptors (Lipinski definition) is 4. The molecule has 0 aliphatic carbocycles. The minimum Gasteiger partial charge on any atom is -0.504 e. The molecule has 1 aromatic rings. The Morgan fingerprint density at radius 2 is 2.29 bits per heavy atom. The van der Waals surface area contributed by atoms with Crippen molar-refractivity contribution >= 4 is 17.5 Å². The van der Waals surface area contributed by atoms with Crippen LogP contribution < -0.4 is 16.0 Å². The smallest absolute Gasteiger partial charge is 0.266 e. The van der Waals surface area contributed by atoms with Crippen molar-refractivity contribution in [2.75, 3.05) is 7.11 Å². The Morgan fingerprint density at radius 3 is 2.79 bits per heavy atom. The maximum absolute atomic E-state index is 11.2. The number of methoxy groups -OCH3 is 1. The largest absolute Gasteiger partial charge is 0.504 e. The van der Waals surface area contributed by atoms with Gasteiger partial charge in [0.05, 0.1) is 17.7 Å². The highest BCUT2D eigenvalue weighted by Crippen LogP contribution is 2.31. The first kappa shape index (κ1) is 10.6. The van der Waals surface area contributed by atoms with E-state index in [4.69, 9.17) is 22.2 Å². The van der Waals surface area contributed by atoms with Gasteiger partial charge in [-0.15, -0.1) is 0 Å². The molecule has 0 atom stereocenters. The van der Waals surface area contributed by atoms with Crippen LogP contribution in [0.15, 0.2) is 12.1 Å². The average molecular weight is 217 g/mol. The molecule has 0 radical (unpaired) electrons. The molecule has 0 spiro atoms. The standard InChI is InChI=1S/C8H9ClN2O3/c1-14-7-2-4(8(13)11-10)5(9)3-6(7)12/h2-3,12H,10H2,1H3,(H,11,13). The predicted molar refractivity (Wildman–Crippen MR) is 51.3 cm³/mol. The van der Waals surface area contributed by atoms with E-state index in [1.807, 2.05) is 5.43 Å². The maximum atomic E-state index is 11.2. The molecule has 0 bridgehead atoms. The van der Waals surface area contributed by atoms with Crippen LogP contribution in [0.4, 0.5) is 0 Å². The highest BCUT2D eigenvalue weighted by Gasteiger charge is 2.13. The zero-order valence-electron chi connectivity index (χ0n) is 7.37. The second-order valence-corrected chi connectivity index (χ2v) is 2.88. The molecule has 0 fully saturated rings. The summed E-state index contributed by atoms with van der Waals surface area (Å²) in [4.78, 5) is 11.2. The Hall–Kier alpha value is -1.46. The van der Waals surface area contributed by atoms with Crippen LogP contribution in [0.5, 0.6) is 11.5 Å². The van der Waals surface area contributed by atoms with Crippen LogP contribution in [-0.4, -0.2) is 18.1 Å². The summed E-state index contributed by atoms with van der Waals surface area (Å²) in [6.45, 7) is 0. The van der Waals surface area contributed by atoms with Gasteiger partial charge >= 0.3 is 0 Å². The summed E-state index contributed by atoms with van der Waals surface area (Å²) in [5.41, 5.74) is 2.07. The molecule has 5 nitrogen and oxygen atoms in total. The first-order chi connectivity index (χ1) is 6.60. The van der Waals surface area contributed by atoms with Crippen LogP contribution in [0.2, 0.25) is 5.02 Å². The van der Waals surface area contributed by atoms with Crippen molar-refractivity contribution < 1.29 is 14.6 Å². The Labute approximate surface area is 85.4 Å². The Morgan fingerprint density at radius 1 is 1.64 bits per heavy atom.